The summed E-state index contributed by atoms with van der Waals surface area (Å²) in [7, 11) is 0. The minimum Gasteiger partial charge on any atom is -0.480 e. The van der Waals surface area contributed by atoms with E-state index in [1.807, 2.05) is 0 Å². The average Bonchev–Trinajstić information content (AvgIpc) is 3.41. The molecular weight excluding hydrogens is 524 g/mol. The summed E-state index contributed by atoms with van der Waals surface area (Å²) in [6.07, 6.45) is 0.339. The number of hydrogen-bond donors (Lipinski definition) is 8. The summed E-state index contributed by atoms with van der Waals surface area (Å²) < 4.78 is 0. The van der Waals surface area contributed by atoms with Crippen molar-refractivity contribution in [3.63, 3.8) is 0 Å². The number of hydrogen-bond acceptors (Lipinski definition) is 8. The standard InChI is InChI=1S/C26H46N6O8/c1-6-14(4)20(24(37)32-21(15(5)33)25(38)30-18(26(39)40)12-13(2)3)31-23(36)17(9-10-19(27)34)29-22(35)16-8-7-11-28-16/h13-18,20-21,28,33H,6-12H2,1-5H3,(H2,27,34)(H,29,35)(H,30,38)(H,31,36)(H,32,37)(H,39,40)/t14-,15+,16-,17-,18-,20-,21-/m0/s1. The van der Waals surface area contributed by atoms with Crippen LogP contribution in [0.2, 0.25) is 0 Å². The molecule has 0 spiro atoms. The van der Waals surface area contributed by atoms with Gasteiger partial charge < -0.3 is 42.5 Å². The fourth-order valence-electron chi connectivity index (χ4n) is 4.29. The van der Waals surface area contributed by atoms with Gasteiger partial charge in [0.15, 0.2) is 0 Å². The molecule has 0 unspecified atom stereocenters. The van der Waals surface area contributed by atoms with Crippen LogP contribution in [0.3, 0.4) is 0 Å². The second-order valence-electron chi connectivity index (χ2n) is 10.8. The lowest BCUT2D eigenvalue weighted by molar-refractivity contribution is -0.143. The highest BCUT2D eigenvalue weighted by Crippen LogP contribution is 2.12. The van der Waals surface area contributed by atoms with Crippen molar-refractivity contribution in [2.45, 2.75) is 109 Å². The van der Waals surface area contributed by atoms with Crippen molar-refractivity contribution in [1.29, 1.82) is 0 Å². The number of nitrogens with one attached hydrogen (secondary N) is 5. The number of carboxylic acid groups (broad SMARTS) is 1. The molecule has 0 aromatic heterocycles. The Labute approximate surface area is 235 Å². The second-order valence-corrected chi connectivity index (χ2v) is 10.8. The molecule has 1 aliphatic heterocycles. The second kappa shape index (κ2) is 16.8. The van der Waals surface area contributed by atoms with Crippen LogP contribution in [0.5, 0.6) is 0 Å². The molecule has 0 aromatic carbocycles. The minimum atomic E-state index is -1.50. The van der Waals surface area contributed by atoms with Crippen molar-refractivity contribution in [1.82, 2.24) is 26.6 Å². The molecule has 14 nitrogen and oxygen atoms in total. The van der Waals surface area contributed by atoms with Crippen molar-refractivity contribution >= 4 is 35.5 Å². The molecule has 1 rings (SSSR count). The monoisotopic (exact) mass is 570 g/mol. The number of carboxylic acids is 1. The summed E-state index contributed by atoms with van der Waals surface area (Å²) in [5.41, 5.74) is 5.25. The first-order valence-corrected chi connectivity index (χ1v) is 13.8. The number of rotatable bonds is 17. The Balaban J connectivity index is 3.07. The summed E-state index contributed by atoms with van der Waals surface area (Å²) in [4.78, 5) is 75.0. The molecule has 7 atom stereocenters. The molecule has 1 aliphatic rings. The van der Waals surface area contributed by atoms with Crippen molar-refractivity contribution in [2.75, 3.05) is 6.54 Å². The molecule has 0 aliphatic carbocycles. The summed E-state index contributed by atoms with van der Waals surface area (Å²) >= 11 is 0. The van der Waals surface area contributed by atoms with Crippen molar-refractivity contribution < 1.29 is 39.0 Å². The molecule has 14 heteroatoms. The Hall–Kier alpha value is -3.26. The van der Waals surface area contributed by atoms with Gasteiger partial charge in [-0.3, -0.25) is 24.0 Å². The first-order valence-electron chi connectivity index (χ1n) is 13.8. The fraction of sp³-hybridized carbons (Fsp3) is 0.769. The van der Waals surface area contributed by atoms with Crippen LogP contribution in [0.1, 0.15) is 73.1 Å². The van der Waals surface area contributed by atoms with Crippen molar-refractivity contribution in [3.05, 3.63) is 0 Å². The maximum atomic E-state index is 13.3. The number of aliphatic carboxylic acids is 1. The average molecular weight is 571 g/mol. The lowest BCUT2D eigenvalue weighted by Crippen LogP contribution is -2.61. The normalized spacial score (nSPS) is 19.4. The highest BCUT2D eigenvalue weighted by atomic mass is 16.4. The van der Waals surface area contributed by atoms with E-state index < -0.39 is 77.7 Å². The first-order chi connectivity index (χ1) is 18.7. The third-order valence-corrected chi connectivity index (χ3v) is 6.87. The Morgan fingerprint density at radius 3 is 1.98 bits per heavy atom. The molecule has 40 heavy (non-hydrogen) atoms. The Morgan fingerprint density at radius 2 is 1.50 bits per heavy atom. The van der Waals surface area contributed by atoms with E-state index >= 15 is 0 Å². The molecule has 9 N–H and O–H groups in total. The number of nitrogens with two attached hydrogens (primary N) is 1. The molecule has 0 radical (unpaired) electrons. The zero-order valence-electron chi connectivity index (χ0n) is 24.0. The van der Waals surface area contributed by atoms with Crippen molar-refractivity contribution in [2.24, 2.45) is 17.6 Å². The summed E-state index contributed by atoms with van der Waals surface area (Å²) in [5.74, 6) is -5.18. The maximum Gasteiger partial charge on any atom is 0.326 e. The third kappa shape index (κ3) is 11.5. The number of primary amides is 1. The molecule has 1 heterocycles. The van der Waals surface area contributed by atoms with Crippen LogP contribution in [-0.2, 0) is 28.8 Å². The van der Waals surface area contributed by atoms with Gasteiger partial charge in [0, 0.05) is 6.42 Å². The summed E-state index contributed by atoms with van der Waals surface area (Å²) in [6, 6.07) is -5.52. The molecule has 5 amide bonds. The van der Waals surface area contributed by atoms with Crippen molar-refractivity contribution in [3.8, 4) is 0 Å². The van der Waals surface area contributed by atoms with Crippen LogP contribution in [0, 0.1) is 11.8 Å². The van der Waals surface area contributed by atoms with E-state index in [4.69, 9.17) is 5.73 Å². The quantitative estimate of drug-likeness (QED) is 0.102. The minimum absolute atomic E-state index is 0.0431. The van der Waals surface area contributed by atoms with Crippen LogP contribution in [-0.4, -0.2) is 88.6 Å². The van der Waals surface area contributed by atoms with E-state index in [0.717, 1.165) is 6.42 Å². The van der Waals surface area contributed by atoms with Gasteiger partial charge in [-0.15, -0.1) is 0 Å². The molecular formula is C26H46N6O8. The molecule has 0 saturated carbocycles. The molecule has 228 valence electrons. The van der Waals surface area contributed by atoms with Crippen LogP contribution in [0.4, 0.5) is 0 Å². The van der Waals surface area contributed by atoms with Gasteiger partial charge in [0.1, 0.15) is 24.2 Å². The molecule has 1 saturated heterocycles. The fourth-order valence-corrected chi connectivity index (χ4v) is 4.29. The van der Waals surface area contributed by atoms with Crippen LogP contribution in [0.15, 0.2) is 0 Å². The molecule has 0 aromatic rings. The zero-order valence-corrected chi connectivity index (χ0v) is 24.0. The van der Waals surface area contributed by atoms with Gasteiger partial charge in [-0.1, -0.05) is 34.1 Å². The molecule has 1 fully saturated rings. The highest BCUT2D eigenvalue weighted by molar-refractivity contribution is 5.96. The third-order valence-electron chi connectivity index (χ3n) is 6.87. The number of amides is 5. The van der Waals surface area contributed by atoms with E-state index in [1.54, 1.807) is 27.7 Å². The van der Waals surface area contributed by atoms with Gasteiger partial charge in [-0.25, -0.2) is 4.79 Å². The number of aliphatic hydroxyl groups excluding tert-OH is 1. The van der Waals surface area contributed by atoms with Gasteiger partial charge in [0.2, 0.25) is 29.5 Å². The van der Waals surface area contributed by atoms with Gasteiger partial charge in [0.25, 0.3) is 0 Å². The highest BCUT2D eigenvalue weighted by Gasteiger charge is 2.35. The lowest BCUT2D eigenvalue weighted by atomic mass is 9.96. The maximum absolute atomic E-state index is 13.3. The van der Waals surface area contributed by atoms with Gasteiger partial charge in [-0.05, 0) is 51.0 Å². The van der Waals surface area contributed by atoms with Crippen LogP contribution < -0.4 is 32.3 Å². The zero-order chi connectivity index (χ0) is 30.6. The van der Waals surface area contributed by atoms with E-state index in [-0.39, 0.29) is 25.2 Å². The largest absolute Gasteiger partial charge is 0.480 e. The molecule has 0 bridgehead atoms. The predicted octanol–water partition coefficient (Wildman–Crippen LogP) is -1.50. The van der Waals surface area contributed by atoms with E-state index in [9.17, 15) is 39.0 Å². The smallest absolute Gasteiger partial charge is 0.326 e. The van der Waals surface area contributed by atoms with Gasteiger partial charge in [0.05, 0.1) is 12.1 Å². The van der Waals surface area contributed by atoms with Gasteiger partial charge in [-0.2, -0.15) is 0 Å². The lowest BCUT2D eigenvalue weighted by Gasteiger charge is -2.29. The Kier molecular flexibility index (Phi) is 14.6. The number of carbonyl (C=O) groups excluding carboxylic acids is 5. The SMILES string of the molecule is CC[C@H](C)[C@H](NC(=O)[C@H](CCC(N)=O)NC(=O)[C@@H]1CCCN1)C(=O)N[C@H](C(=O)N[C@@H](CC(C)C)C(=O)O)[C@@H](C)O. The number of carbonyl (C=O) groups is 6. The number of aliphatic hydroxyl groups is 1. The topological polar surface area (TPSA) is 229 Å². The van der Waals surface area contributed by atoms with Gasteiger partial charge >= 0.3 is 5.97 Å². The summed E-state index contributed by atoms with van der Waals surface area (Å²) in [6.45, 7) is 9.00. The van der Waals surface area contributed by atoms with E-state index in [2.05, 4.69) is 26.6 Å². The Bertz CT molecular complexity index is 906. The first kappa shape index (κ1) is 34.8. The van der Waals surface area contributed by atoms with E-state index in [0.29, 0.717) is 19.4 Å². The predicted molar refractivity (Wildman–Crippen MR) is 145 cm³/mol. The summed E-state index contributed by atoms with van der Waals surface area (Å²) in [5, 5.41) is 32.7. The van der Waals surface area contributed by atoms with Crippen LogP contribution in [0.25, 0.3) is 0 Å². The Morgan fingerprint density at radius 1 is 0.900 bits per heavy atom. The van der Waals surface area contributed by atoms with Crippen LogP contribution >= 0.6 is 0 Å². The van der Waals surface area contributed by atoms with E-state index in [1.165, 1.54) is 6.92 Å².